The molecule has 0 saturated carbocycles. The molecule has 0 bridgehead atoms. The Hall–Kier alpha value is -0.770. The van der Waals surface area contributed by atoms with Crippen LogP contribution in [-0.4, -0.2) is 36.5 Å². The molecular formula is C21H27Cl3N2. The minimum atomic E-state index is 0. The van der Waals surface area contributed by atoms with Gasteiger partial charge in [-0.3, -0.25) is 9.80 Å². The van der Waals surface area contributed by atoms with Crippen LogP contribution in [0.1, 0.15) is 22.7 Å². The van der Waals surface area contributed by atoms with Crippen molar-refractivity contribution in [3.63, 3.8) is 0 Å². The molecule has 0 aliphatic carbocycles. The number of fused-ring (bicyclic) bond motifs is 1. The standard InChI is InChI=1S/C21H25ClN2.2ClH/c1-15-7-3-5-9-18(15)21-19-14-24(13-17(19)11-23(21)2)12-16-8-4-6-10-20(16)22;;/h3-10,17,19,21H,11-14H2,1-2H3;2*1H/t17-,19+,21-;;/m0../s1. The number of likely N-dealkylation sites (tertiary alicyclic amines) is 2. The van der Waals surface area contributed by atoms with Crippen LogP contribution in [0.25, 0.3) is 0 Å². The van der Waals surface area contributed by atoms with Crippen molar-refractivity contribution in [3.8, 4) is 0 Å². The topological polar surface area (TPSA) is 6.48 Å². The maximum atomic E-state index is 6.36. The van der Waals surface area contributed by atoms with Gasteiger partial charge in [-0.25, -0.2) is 0 Å². The van der Waals surface area contributed by atoms with E-state index in [9.17, 15) is 0 Å². The Kier molecular flexibility index (Phi) is 7.41. The van der Waals surface area contributed by atoms with E-state index in [4.69, 9.17) is 11.6 Å². The average Bonchev–Trinajstić information content (AvgIpc) is 3.06. The van der Waals surface area contributed by atoms with Crippen molar-refractivity contribution in [2.45, 2.75) is 19.5 Å². The molecule has 2 aliphatic rings. The van der Waals surface area contributed by atoms with Gasteiger partial charge in [-0.05, 0) is 48.6 Å². The minimum absolute atomic E-state index is 0. The number of benzene rings is 2. The van der Waals surface area contributed by atoms with E-state index >= 15 is 0 Å². The second kappa shape index (κ2) is 8.95. The number of aryl methyl sites for hydroxylation is 1. The number of hydrogen-bond acceptors (Lipinski definition) is 2. The first kappa shape index (κ1) is 21.5. The lowest BCUT2D eigenvalue weighted by atomic mass is 9.88. The van der Waals surface area contributed by atoms with Gasteiger partial charge in [0.1, 0.15) is 0 Å². The van der Waals surface area contributed by atoms with E-state index in [0.717, 1.165) is 23.4 Å². The fourth-order valence-electron chi connectivity index (χ4n) is 4.73. The van der Waals surface area contributed by atoms with Crippen molar-refractivity contribution >= 4 is 36.4 Å². The quantitative estimate of drug-likeness (QED) is 0.680. The molecule has 3 atom stereocenters. The first-order valence-electron chi connectivity index (χ1n) is 8.85. The Labute approximate surface area is 174 Å². The first-order valence-corrected chi connectivity index (χ1v) is 9.23. The molecule has 0 N–H and O–H groups in total. The van der Waals surface area contributed by atoms with Crippen molar-refractivity contribution < 1.29 is 0 Å². The van der Waals surface area contributed by atoms with Gasteiger partial charge in [-0.1, -0.05) is 54.1 Å². The van der Waals surface area contributed by atoms with Gasteiger partial charge in [0.05, 0.1) is 0 Å². The van der Waals surface area contributed by atoms with Crippen molar-refractivity contribution in [1.29, 1.82) is 0 Å². The van der Waals surface area contributed by atoms with Crippen molar-refractivity contribution in [3.05, 3.63) is 70.2 Å². The summed E-state index contributed by atoms with van der Waals surface area (Å²) in [6, 6.07) is 17.7. The van der Waals surface area contributed by atoms with Gasteiger partial charge in [0.2, 0.25) is 0 Å². The predicted octanol–water partition coefficient (Wildman–Crippen LogP) is 5.23. The lowest BCUT2D eigenvalue weighted by Gasteiger charge is -2.28. The third kappa shape index (κ3) is 4.05. The molecule has 0 radical (unpaired) electrons. The highest BCUT2D eigenvalue weighted by atomic mass is 35.5. The Morgan fingerprint density at radius 1 is 0.962 bits per heavy atom. The van der Waals surface area contributed by atoms with E-state index in [1.807, 2.05) is 12.1 Å². The summed E-state index contributed by atoms with van der Waals surface area (Å²) in [5.74, 6) is 1.49. The second-order valence-corrected chi connectivity index (χ2v) is 7.86. The molecule has 2 aromatic carbocycles. The van der Waals surface area contributed by atoms with E-state index in [0.29, 0.717) is 6.04 Å². The van der Waals surface area contributed by atoms with E-state index < -0.39 is 0 Å². The summed E-state index contributed by atoms with van der Waals surface area (Å²) in [5.41, 5.74) is 4.17. The largest absolute Gasteiger partial charge is 0.299 e. The van der Waals surface area contributed by atoms with Crippen molar-refractivity contribution in [2.75, 3.05) is 26.7 Å². The lowest BCUT2D eigenvalue weighted by molar-refractivity contribution is 0.224. The maximum Gasteiger partial charge on any atom is 0.0451 e. The molecule has 2 saturated heterocycles. The minimum Gasteiger partial charge on any atom is -0.299 e. The molecule has 2 nitrogen and oxygen atoms in total. The first-order chi connectivity index (χ1) is 11.6. The number of nitrogens with zero attached hydrogens (tertiary/aromatic N) is 2. The zero-order valence-electron chi connectivity index (χ0n) is 15.3. The van der Waals surface area contributed by atoms with Crippen LogP contribution in [0.2, 0.25) is 5.02 Å². The van der Waals surface area contributed by atoms with Gasteiger partial charge in [0.25, 0.3) is 0 Å². The molecule has 0 aromatic heterocycles. The predicted molar refractivity (Wildman–Crippen MR) is 115 cm³/mol. The highest BCUT2D eigenvalue weighted by molar-refractivity contribution is 6.31. The molecule has 2 heterocycles. The van der Waals surface area contributed by atoms with Gasteiger partial charge >= 0.3 is 0 Å². The Bertz CT molecular complexity index is 737. The van der Waals surface area contributed by atoms with Crippen LogP contribution in [0.4, 0.5) is 0 Å². The molecule has 26 heavy (non-hydrogen) atoms. The SMILES string of the molecule is Cc1ccccc1[C@H]1[C@@H]2CN(Cc3ccccc3Cl)C[C@@H]2CN1C.Cl.Cl. The fourth-order valence-corrected chi connectivity index (χ4v) is 4.93. The van der Waals surface area contributed by atoms with Crippen LogP contribution in [-0.2, 0) is 6.54 Å². The zero-order chi connectivity index (χ0) is 16.7. The number of halogens is 3. The van der Waals surface area contributed by atoms with Gasteiger partial charge in [0, 0.05) is 37.2 Å². The molecule has 5 heteroatoms. The monoisotopic (exact) mass is 412 g/mol. The normalized spacial score (nSPS) is 25.4. The fraction of sp³-hybridized carbons (Fsp3) is 0.429. The van der Waals surface area contributed by atoms with Crippen molar-refractivity contribution in [2.24, 2.45) is 11.8 Å². The molecule has 142 valence electrons. The Morgan fingerprint density at radius 2 is 1.65 bits per heavy atom. The lowest BCUT2D eigenvalue weighted by Crippen LogP contribution is -2.29. The van der Waals surface area contributed by atoms with E-state index in [2.05, 4.69) is 60.2 Å². The summed E-state index contributed by atoms with van der Waals surface area (Å²) in [6.07, 6.45) is 0. The Morgan fingerprint density at radius 3 is 2.38 bits per heavy atom. The highest BCUT2D eigenvalue weighted by Gasteiger charge is 2.46. The van der Waals surface area contributed by atoms with E-state index in [-0.39, 0.29) is 24.8 Å². The number of hydrogen-bond donors (Lipinski definition) is 0. The Balaban J connectivity index is 0.00000121. The summed E-state index contributed by atoms with van der Waals surface area (Å²) in [6.45, 7) is 6.76. The smallest absolute Gasteiger partial charge is 0.0451 e. The molecule has 0 unspecified atom stereocenters. The summed E-state index contributed by atoms with van der Waals surface area (Å²) in [7, 11) is 2.29. The molecule has 0 amide bonds. The van der Waals surface area contributed by atoms with Crippen LogP contribution in [0.5, 0.6) is 0 Å². The molecule has 2 fully saturated rings. The number of rotatable bonds is 3. The summed E-state index contributed by atoms with van der Waals surface area (Å²) < 4.78 is 0. The van der Waals surface area contributed by atoms with Gasteiger partial charge < -0.3 is 0 Å². The third-order valence-electron chi connectivity index (χ3n) is 5.83. The summed E-state index contributed by atoms with van der Waals surface area (Å²) in [5, 5.41) is 0.891. The summed E-state index contributed by atoms with van der Waals surface area (Å²) >= 11 is 6.36. The second-order valence-electron chi connectivity index (χ2n) is 7.45. The zero-order valence-corrected chi connectivity index (χ0v) is 17.7. The van der Waals surface area contributed by atoms with Gasteiger partial charge in [-0.15, -0.1) is 24.8 Å². The molecule has 0 spiro atoms. The molecular weight excluding hydrogens is 387 g/mol. The van der Waals surface area contributed by atoms with Crippen LogP contribution in [0.3, 0.4) is 0 Å². The van der Waals surface area contributed by atoms with Crippen LogP contribution in [0, 0.1) is 18.8 Å². The van der Waals surface area contributed by atoms with Crippen LogP contribution < -0.4 is 0 Å². The van der Waals surface area contributed by atoms with Gasteiger partial charge in [-0.2, -0.15) is 0 Å². The molecule has 2 aliphatic heterocycles. The van der Waals surface area contributed by atoms with E-state index in [1.165, 1.54) is 36.3 Å². The molecule has 4 rings (SSSR count). The van der Waals surface area contributed by atoms with E-state index in [1.54, 1.807) is 0 Å². The maximum absolute atomic E-state index is 6.36. The highest BCUT2D eigenvalue weighted by Crippen LogP contribution is 2.45. The third-order valence-corrected chi connectivity index (χ3v) is 6.20. The van der Waals surface area contributed by atoms with Crippen LogP contribution >= 0.6 is 36.4 Å². The van der Waals surface area contributed by atoms with Crippen LogP contribution in [0.15, 0.2) is 48.5 Å². The van der Waals surface area contributed by atoms with Crippen molar-refractivity contribution in [1.82, 2.24) is 9.80 Å². The average molecular weight is 414 g/mol. The summed E-state index contributed by atoms with van der Waals surface area (Å²) in [4.78, 5) is 5.15. The van der Waals surface area contributed by atoms with Gasteiger partial charge in [0.15, 0.2) is 0 Å². The molecule has 2 aromatic rings.